The molecular formula is C17H17ClF2N4O2. The number of halogens is 3. The van der Waals surface area contributed by atoms with Crippen LogP contribution in [-0.4, -0.2) is 48.7 Å². The highest BCUT2D eigenvalue weighted by molar-refractivity contribution is 6.32. The average Bonchev–Trinajstić information content (AvgIpc) is 2.63. The lowest BCUT2D eigenvalue weighted by molar-refractivity contribution is -0.0498. The molecule has 0 atom stereocenters. The Morgan fingerprint density at radius 2 is 1.85 bits per heavy atom. The number of urea groups is 1. The molecule has 1 aromatic carbocycles. The number of aromatic nitrogens is 1. The first-order valence-electron chi connectivity index (χ1n) is 7.99. The number of rotatable bonds is 4. The second-order valence-electron chi connectivity index (χ2n) is 5.62. The van der Waals surface area contributed by atoms with Gasteiger partial charge >= 0.3 is 12.6 Å². The highest BCUT2D eigenvalue weighted by atomic mass is 35.5. The zero-order valence-electron chi connectivity index (χ0n) is 13.7. The summed E-state index contributed by atoms with van der Waals surface area (Å²) in [5.41, 5.74) is 0.506. The summed E-state index contributed by atoms with van der Waals surface area (Å²) in [6, 6.07) is 9.08. The van der Waals surface area contributed by atoms with Gasteiger partial charge in [-0.05, 0) is 36.4 Å². The van der Waals surface area contributed by atoms with E-state index in [1.807, 2.05) is 4.90 Å². The first-order valence-corrected chi connectivity index (χ1v) is 8.37. The van der Waals surface area contributed by atoms with Gasteiger partial charge in [-0.1, -0.05) is 11.6 Å². The molecule has 0 spiro atoms. The number of hydrogen-bond acceptors (Lipinski definition) is 4. The largest absolute Gasteiger partial charge is 0.435 e. The van der Waals surface area contributed by atoms with Gasteiger partial charge in [0, 0.05) is 38.1 Å². The van der Waals surface area contributed by atoms with Gasteiger partial charge in [0.05, 0.1) is 5.02 Å². The fourth-order valence-corrected chi connectivity index (χ4v) is 2.89. The first-order chi connectivity index (χ1) is 12.5. The maximum atomic E-state index is 12.3. The van der Waals surface area contributed by atoms with Gasteiger partial charge in [0.1, 0.15) is 11.6 Å². The summed E-state index contributed by atoms with van der Waals surface area (Å²) < 4.78 is 28.6. The van der Waals surface area contributed by atoms with Crippen molar-refractivity contribution < 1.29 is 18.3 Å². The van der Waals surface area contributed by atoms with E-state index in [1.165, 1.54) is 24.3 Å². The van der Waals surface area contributed by atoms with Gasteiger partial charge in [-0.15, -0.1) is 0 Å². The predicted molar refractivity (Wildman–Crippen MR) is 95.1 cm³/mol. The van der Waals surface area contributed by atoms with Gasteiger partial charge in [0.2, 0.25) is 0 Å². The summed E-state index contributed by atoms with van der Waals surface area (Å²) in [6.07, 6.45) is 1.68. The van der Waals surface area contributed by atoms with E-state index in [2.05, 4.69) is 15.0 Å². The predicted octanol–water partition coefficient (Wildman–Crippen LogP) is 3.69. The normalized spacial score (nSPS) is 14.5. The fraction of sp³-hybridized carbons (Fsp3) is 0.294. The van der Waals surface area contributed by atoms with E-state index < -0.39 is 6.61 Å². The van der Waals surface area contributed by atoms with Crippen molar-refractivity contribution >= 4 is 29.1 Å². The molecule has 0 radical (unpaired) electrons. The Morgan fingerprint density at radius 1 is 1.15 bits per heavy atom. The van der Waals surface area contributed by atoms with E-state index in [4.69, 9.17) is 11.6 Å². The number of carbonyl (C=O) groups excluding carboxylic acids is 1. The van der Waals surface area contributed by atoms with E-state index in [9.17, 15) is 13.6 Å². The molecule has 26 heavy (non-hydrogen) atoms. The monoisotopic (exact) mass is 382 g/mol. The summed E-state index contributed by atoms with van der Waals surface area (Å²) in [7, 11) is 0. The lowest BCUT2D eigenvalue weighted by atomic mass is 10.3. The van der Waals surface area contributed by atoms with Crippen LogP contribution in [0.3, 0.4) is 0 Å². The molecule has 0 bridgehead atoms. The van der Waals surface area contributed by atoms with Crippen LogP contribution in [0, 0.1) is 0 Å². The van der Waals surface area contributed by atoms with Crippen molar-refractivity contribution in [2.45, 2.75) is 6.61 Å². The molecule has 0 aliphatic carbocycles. The number of alkyl halides is 2. The molecule has 1 saturated heterocycles. The summed E-state index contributed by atoms with van der Waals surface area (Å²) in [4.78, 5) is 20.3. The molecule has 1 aliphatic heterocycles. The number of hydrogen-bond donors (Lipinski definition) is 1. The van der Waals surface area contributed by atoms with E-state index in [1.54, 1.807) is 23.2 Å². The molecule has 2 heterocycles. The number of anilines is 2. The summed E-state index contributed by atoms with van der Waals surface area (Å²) >= 11 is 6.15. The molecule has 9 heteroatoms. The Kier molecular flexibility index (Phi) is 5.72. The SMILES string of the molecule is O=C(Nc1ccc(OC(F)F)cc1)N1CCN(c2ncccc2Cl)CC1. The molecule has 0 saturated carbocycles. The van der Waals surface area contributed by atoms with Crippen molar-refractivity contribution in [3.8, 4) is 5.75 Å². The van der Waals surface area contributed by atoms with E-state index in [0.717, 1.165) is 0 Å². The third-order valence-electron chi connectivity index (χ3n) is 3.94. The maximum absolute atomic E-state index is 12.3. The van der Waals surface area contributed by atoms with Gasteiger partial charge in [-0.3, -0.25) is 0 Å². The van der Waals surface area contributed by atoms with Crippen LogP contribution in [0.2, 0.25) is 5.02 Å². The van der Waals surface area contributed by atoms with Gasteiger partial charge in [0.25, 0.3) is 0 Å². The molecule has 0 unspecified atom stereocenters. The van der Waals surface area contributed by atoms with E-state index in [0.29, 0.717) is 42.7 Å². The Labute approximate surface area is 154 Å². The molecule has 2 amide bonds. The molecule has 6 nitrogen and oxygen atoms in total. The molecule has 1 aliphatic rings. The van der Waals surface area contributed by atoms with Gasteiger partial charge < -0.3 is 19.9 Å². The Bertz CT molecular complexity index is 753. The third-order valence-corrected chi connectivity index (χ3v) is 4.23. The molecule has 1 fully saturated rings. The van der Waals surface area contributed by atoms with Crippen LogP contribution in [0.25, 0.3) is 0 Å². The molecule has 2 aromatic rings. The smallest absolute Gasteiger partial charge is 0.387 e. The van der Waals surface area contributed by atoms with Crippen LogP contribution in [0.15, 0.2) is 42.6 Å². The highest BCUT2D eigenvalue weighted by Gasteiger charge is 2.23. The van der Waals surface area contributed by atoms with Crippen molar-refractivity contribution in [1.82, 2.24) is 9.88 Å². The second kappa shape index (κ2) is 8.18. The summed E-state index contributed by atoms with van der Waals surface area (Å²) in [5, 5.41) is 3.32. The number of benzene rings is 1. The number of piperazine rings is 1. The first kappa shape index (κ1) is 18.2. The minimum Gasteiger partial charge on any atom is -0.435 e. The van der Waals surface area contributed by atoms with Gasteiger partial charge in [-0.2, -0.15) is 8.78 Å². The zero-order chi connectivity index (χ0) is 18.5. The Hall–Kier alpha value is -2.61. The van der Waals surface area contributed by atoms with Crippen LogP contribution in [0.5, 0.6) is 5.75 Å². The topological polar surface area (TPSA) is 57.7 Å². The number of ether oxygens (including phenoxy) is 1. The number of amides is 2. The third kappa shape index (κ3) is 4.51. The van der Waals surface area contributed by atoms with Crippen LogP contribution in [-0.2, 0) is 0 Å². The second-order valence-corrected chi connectivity index (χ2v) is 6.02. The summed E-state index contributed by atoms with van der Waals surface area (Å²) in [6.45, 7) is -0.605. The van der Waals surface area contributed by atoms with Crippen LogP contribution < -0.4 is 15.0 Å². The Morgan fingerprint density at radius 3 is 2.46 bits per heavy atom. The van der Waals surface area contributed by atoms with E-state index in [-0.39, 0.29) is 11.8 Å². The molecule has 1 N–H and O–H groups in total. The summed E-state index contributed by atoms with van der Waals surface area (Å²) in [5.74, 6) is 0.752. The van der Waals surface area contributed by atoms with Crippen LogP contribution in [0.4, 0.5) is 25.1 Å². The standard InChI is InChI=1S/C17H17ClF2N4O2/c18-14-2-1-7-21-15(14)23-8-10-24(11-9-23)17(25)22-12-3-5-13(6-4-12)26-16(19)20/h1-7,16H,8-11H2,(H,22,25). The van der Waals surface area contributed by atoms with Crippen molar-refractivity contribution in [1.29, 1.82) is 0 Å². The lowest BCUT2D eigenvalue weighted by Gasteiger charge is -2.35. The number of nitrogens with zero attached hydrogens (tertiary/aromatic N) is 3. The van der Waals surface area contributed by atoms with E-state index >= 15 is 0 Å². The maximum Gasteiger partial charge on any atom is 0.387 e. The van der Waals surface area contributed by atoms with Crippen molar-refractivity contribution in [2.75, 3.05) is 36.4 Å². The average molecular weight is 383 g/mol. The van der Waals surface area contributed by atoms with Gasteiger partial charge in [0.15, 0.2) is 0 Å². The minimum atomic E-state index is -2.88. The minimum absolute atomic E-state index is 0.0406. The zero-order valence-corrected chi connectivity index (χ0v) is 14.5. The lowest BCUT2D eigenvalue weighted by Crippen LogP contribution is -2.50. The Balaban J connectivity index is 1.53. The quantitative estimate of drug-likeness (QED) is 0.876. The van der Waals surface area contributed by atoms with Crippen LogP contribution >= 0.6 is 11.6 Å². The molecular weight excluding hydrogens is 366 g/mol. The highest BCUT2D eigenvalue weighted by Crippen LogP contribution is 2.23. The molecule has 1 aromatic heterocycles. The van der Waals surface area contributed by atoms with Crippen LogP contribution in [0.1, 0.15) is 0 Å². The van der Waals surface area contributed by atoms with Crippen molar-refractivity contribution in [3.05, 3.63) is 47.6 Å². The molecule has 138 valence electrons. The number of carbonyl (C=O) groups is 1. The fourth-order valence-electron chi connectivity index (χ4n) is 2.65. The number of nitrogens with one attached hydrogen (secondary N) is 1. The number of pyridine rings is 1. The van der Waals surface area contributed by atoms with Crippen molar-refractivity contribution in [3.63, 3.8) is 0 Å². The van der Waals surface area contributed by atoms with Crippen molar-refractivity contribution in [2.24, 2.45) is 0 Å². The van der Waals surface area contributed by atoms with Gasteiger partial charge in [-0.25, -0.2) is 9.78 Å². The molecule has 3 rings (SSSR count).